The Kier molecular flexibility index (Phi) is 1.62. The SMILES string of the molecule is NC1(N)OOC(N)(N)OO1. The van der Waals surface area contributed by atoms with E-state index in [-0.39, 0.29) is 0 Å². The summed E-state index contributed by atoms with van der Waals surface area (Å²) < 4.78 is 0. The highest BCUT2D eigenvalue weighted by molar-refractivity contribution is 4.48. The van der Waals surface area contributed by atoms with Crippen molar-refractivity contribution in [1.82, 2.24) is 0 Å². The first-order valence-corrected chi connectivity index (χ1v) is 2.30. The minimum absolute atomic E-state index is 1.97. The summed E-state index contributed by atoms with van der Waals surface area (Å²) in [6.07, 6.45) is 0. The monoisotopic (exact) mass is 152 g/mol. The first-order valence-electron chi connectivity index (χ1n) is 2.30. The molecule has 0 aliphatic carbocycles. The molecule has 8 N–H and O–H groups in total. The van der Waals surface area contributed by atoms with Crippen LogP contribution in [0.3, 0.4) is 0 Å². The van der Waals surface area contributed by atoms with Gasteiger partial charge in [-0.15, -0.1) is 0 Å². The van der Waals surface area contributed by atoms with Crippen molar-refractivity contribution < 1.29 is 19.6 Å². The number of nitrogens with two attached hydrogens (primary N) is 4. The Hall–Kier alpha value is -0.320. The molecule has 0 amide bonds. The van der Waals surface area contributed by atoms with Crippen LogP contribution in [0.5, 0.6) is 0 Å². The van der Waals surface area contributed by atoms with Crippen molar-refractivity contribution in [3.05, 3.63) is 0 Å². The summed E-state index contributed by atoms with van der Waals surface area (Å²) in [5.74, 6) is 0. The zero-order chi connectivity index (χ0) is 7.83. The molecule has 1 heterocycles. The highest BCUT2D eigenvalue weighted by Gasteiger charge is 2.39. The molecule has 8 nitrogen and oxygen atoms in total. The summed E-state index contributed by atoms with van der Waals surface area (Å²) in [6, 6.07) is -3.94. The van der Waals surface area contributed by atoms with Crippen LogP contribution >= 0.6 is 0 Å². The third-order valence-electron chi connectivity index (χ3n) is 0.604. The molecular weight excluding hydrogens is 144 g/mol. The average molecular weight is 152 g/mol. The van der Waals surface area contributed by atoms with Crippen molar-refractivity contribution in [3.63, 3.8) is 0 Å². The van der Waals surface area contributed by atoms with E-state index in [1.807, 2.05) is 0 Å². The van der Waals surface area contributed by atoms with Crippen molar-refractivity contribution >= 4 is 0 Å². The molecule has 0 aromatic carbocycles. The second-order valence-corrected chi connectivity index (χ2v) is 1.78. The lowest BCUT2D eigenvalue weighted by molar-refractivity contribution is -0.654. The maximum Gasteiger partial charge on any atom is 0.343 e. The third kappa shape index (κ3) is 1.83. The summed E-state index contributed by atoms with van der Waals surface area (Å²) in [6.45, 7) is 0. The van der Waals surface area contributed by atoms with E-state index in [2.05, 4.69) is 19.6 Å². The Morgan fingerprint density at radius 2 is 0.800 bits per heavy atom. The molecule has 0 saturated carbocycles. The van der Waals surface area contributed by atoms with E-state index in [0.29, 0.717) is 0 Å². The minimum atomic E-state index is -1.97. The Balaban J connectivity index is 2.46. The fourth-order valence-electron chi connectivity index (χ4n) is 0.288. The van der Waals surface area contributed by atoms with Gasteiger partial charge in [-0.05, 0) is 0 Å². The highest BCUT2D eigenvalue weighted by atomic mass is 17.4. The molecule has 1 fully saturated rings. The Labute approximate surface area is 55.8 Å². The van der Waals surface area contributed by atoms with Crippen molar-refractivity contribution in [2.24, 2.45) is 22.9 Å². The summed E-state index contributed by atoms with van der Waals surface area (Å²) in [5.41, 5.74) is 19.9. The number of hydrogen-bond donors (Lipinski definition) is 4. The van der Waals surface area contributed by atoms with E-state index >= 15 is 0 Å². The van der Waals surface area contributed by atoms with E-state index in [1.165, 1.54) is 0 Å². The molecular formula is C2H8N4O4. The Bertz CT molecular complexity index is 107. The van der Waals surface area contributed by atoms with Crippen molar-refractivity contribution in [1.29, 1.82) is 0 Å². The summed E-state index contributed by atoms with van der Waals surface area (Å²) in [5, 5.41) is 0. The van der Waals surface area contributed by atoms with Crippen LogP contribution in [0.2, 0.25) is 0 Å². The zero-order valence-electron chi connectivity index (χ0n) is 4.94. The van der Waals surface area contributed by atoms with Crippen LogP contribution in [0, 0.1) is 0 Å². The Morgan fingerprint density at radius 1 is 0.600 bits per heavy atom. The predicted molar refractivity (Wildman–Crippen MR) is 26.6 cm³/mol. The van der Waals surface area contributed by atoms with Gasteiger partial charge >= 0.3 is 12.1 Å². The van der Waals surface area contributed by atoms with Gasteiger partial charge < -0.3 is 0 Å². The quantitative estimate of drug-likeness (QED) is 0.212. The van der Waals surface area contributed by atoms with Crippen LogP contribution in [0.15, 0.2) is 0 Å². The molecule has 0 aromatic heterocycles. The summed E-state index contributed by atoms with van der Waals surface area (Å²) >= 11 is 0. The van der Waals surface area contributed by atoms with Crippen LogP contribution in [0.25, 0.3) is 0 Å². The van der Waals surface area contributed by atoms with Gasteiger partial charge in [0.25, 0.3) is 0 Å². The molecule has 1 aliphatic rings. The van der Waals surface area contributed by atoms with Gasteiger partial charge in [0.05, 0.1) is 0 Å². The zero-order valence-corrected chi connectivity index (χ0v) is 4.94. The topological polar surface area (TPSA) is 141 Å². The van der Waals surface area contributed by atoms with Crippen molar-refractivity contribution in [3.8, 4) is 0 Å². The Morgan fingerprint density at radius 3 is 1.00 bits per heavy atom. The molecule has 1 saturated heterocycles. The van der Waals surface area contributed by atoms with Crippen LogP contribution in [-0.2, 0) is 19.6 Å². The lowest BCUT2D eigenvalue weighted by atomic mass is 10.9. The van der Waals surface area contributed by atoms with Crippen LogP contribution in [0.1, 0.15) is 0 Å². The van der Waals surface area contributed by atoms with Gasteiger partial charge in [-0.2, -0.15) is 19.6 Å². The molecule has 0 spiro atoms. The second-order valence-electron chi connectivity index (χ2n) is 1.78. The van der Waals surface area contributed by atoms with Gasteiger partial charge in [0.2, 0.25) is 0 Å². The molecule has 0 bridgehead atoms. The molecule has 0 unspecified atom stereocenters. The van der Waals surface area contributed by atoms with E-state index in [4.69, 9.17) is 22.9 Å². The average Bonchev–Trinajstić information content (AvgIpc) is 1.79. The fraction of sp³-hybridized carbons (Fsp3) is 1.00. The molecule has 1 aliphatic heterocycles. The van der Waals surface area contributed by atoms with Crippen LogP contribution in [0.4, 0.5) is 0 Å². The smallest absolute Gasteiger partial charge is 0.262 e. The van der Waals surface area contributed by atoms with Gasteiger partial charge in [-0.25, -0.2) is 0 Å². The van der Waals surface area contributed by atoms with Gasteiger partial charge in [-0.3, -0.25) is 22.9 Å². The van der Waals surface area contributed by atoms with E-state index in [1.54, 1.807) is 0 Å². The molecule has 60 valence electrons. The first-order chi connectivity index (χ1) is 4.41. The lowest BCUT2D eigenvalue weighted by Crippen LogP contribution is -2.67. The van der Waals surface area contributed by atoms with Gasteiger partial charge in [0.15, 0.2) is 0 Å². The largest absolute Gasteiger partial charge is 0.343 e. The highest BCUT2D eigenvalue weighted by Crippen LogP contribution is 2.12. The molecule has 1 rings (SSSR count). The lowest BCUT2D eigenvalue weighted by Gasteiger charge is -2.33. The number of hydrogen-bond acceptors (Lipinski definition) is 8. The molecule has 0 atom stereocenters. The fourth-order valence-corrected chi connectivity index (χ4v) is 0.288. The normalized spacial score (nSPS) is 30.0. The van der Waals surface area contributed by atoms with Crippen molar-refractivity contribution in [2.45, 2.75) is 12.1 Å². The van der Waals surface area contributed by atoms with E-state index in [0.717, 1.165) is 0 Å². The van der Waals surface area contributed by atoms with Gasteiger partial charge in [0.1, 0.15) is 0 Å². The van der Waals surface area contributed by atoms with Gasteiger partial charge in [0, 0.05) is 0 Å². The molecule has 0 radical (unpaired) electrons. The van der Waals surface area contributed by atoms with Crippen LogP contribution in [-0.4, -0.2) is 12.1 Å². The van der Waals surface area contributed by atoms with Crippen molar-refractivity contribution in [2.75, 3.05) is 0 Å². The third-order valence-corrected chi connectivity index (χ3v) is 0.604. The van der Waals surface area contributed by atoms with E-state index in [9.17, 15) is 0 Å². The second kappa shape index (κ2) is 2.08. The van der Waals surface area contributed by atoms with Crippen LogP contribution < -0.4 is 22.9 Å². The van der Waals surface area contributed by atoms with E-state index < -0.39 is 12.1 Å². The maximum absolute atomic E-state index is 4.97. The molecule has 0 aromatic rings. The molecule has 8 heteroatoms. The summed E-state index contributed by atoms with van der Waals surface area (Å²) in [7, 11) is 0. The first kappa shape index (κ1) is 7.78. The maximum atomic E-state index is 4.97. The van der Waals surface area contributed by atoms with Gasteiger partial charge in [-0.1, -0.05) is 0 Å². The molecule has 10 heavy (non-hydrogen) atoms. The summed E-state index contributed by atoms with van der Waals surface area (Å²) in [4.78, 5) is 16.6. The standard InChI is InChI=1S/C2H8N4O4/c3-1(4)7-9-2(5,6)10-8-1/h3-6H2. The predicted octanol–water partition coefficient (Wildman–Crippen LogP) is -3.05. The number of rotatable bonds is 0. The minimum Gasteiger partial charge on any atom is -0.262 e.